The minimum Gasteiger partial charge on any atom is -0.396 e. The molecule has 23 heavy (non-hydrogen) atoms. The molecule has 0 aliphatic carbocycles. The van der Waals surface area contributed by atoms with Gasteiger partial charge in [0.1, 0.15) is 0 Å². The molecule has 0 aromatic heterocycles. The second-order valence-corrected chi connectivity index (χ2v) is 6.24. The molecule has 1 aliphatic heterocycles. The van der Waals surface area contributed by atoms with Crippen LogP contribution < -0.4 is 10.6 Å². The summed E-state index contributed by atoms with van der Waals surface area (Å²) in [5.41, 5.74) is 1.58. The van der Waals surface area contributed by atoms with E-state index in [9.17, 15) is 5.11 Å². The van der Waals surface area contributed by atoms with Gasteiger partial charge in [0, 0.05) is 26.2 Å². The molecule has 134 valence electrons. The third-order valence-electron chi connectivity index (χ3n) is 4.85. The summed E-state index contributed by atoms with van der Waals surface area (Å²) in [6, 6.07) is 0. The predicted molar refractivity (Wildman–Crippen MR) is 96.8 cm³/mol. The summed E-state index contributed by atoms with van der Waals surface area (Å²) in [4.78, 5) is 4.77. The Hall–Kier alpha value is -1.07. The summed E-state index contributed by atoms with van der Waals surface area (Å²) in [5, 5.41) is 16.1. The molecule has 0 fully saturated rings. The highest BCUT2D eigenvalue weighted by Gasteiger charge is 2.25. The molecule has 0 atom stereocenters. The lowest BCUT2D eigenvalue weighted by Crippen LogP contribution is -2.39. The molecule has 0 aromatic carbocycles. The van der Waals surface area contributed by atoms with E-state index < -0.39 is 0 Å². The number of hydrogen-bond acceptors (Lipinski definition) is 3. The van der Waals surface area contributed by atoms with Gasteiger partial charge >= 0.3 is 0 Å². The Morgan fingerprint density at radius 2 is 2.09 bits per heavy atom. The van der Waals surface area contributed by atoms with Gasteiger partial charge in [-0.3, -0.25) is 4.99 Å². The first-order valence-electron chi connectivity index (χ1n) is 9.08. The first-order chi connectivity index (χ1) is 11.2. The van der Waals surface area contributed by atoms with Gasteiger partial charge in [-0.15, -0.1) is 0 Å². The number of hydrogen-bond donors (Lipinski definition) is 3. The molecule has 3 N–H and O–H groups in total. The lowest BCUT2D eigenvalue weighted by molar-refractivity contribution is 0.153. The number of guanidine groups is 1. The molecule has 0 saturated heterocycles. The molecule has 0 spiro atoms. The number of nitrogens with zero attached hydrogens (tertiary/aromatic N) is 1. The highest BCUT2D eigenvalue weighted by atomic mass is 16.5. The summed E-state index contributed by atoms with van der Waals surface area (Å²) in [5.74, 6) is 0.879. The van der Waals surface area contributed by atoms with Crippen LogP contribution in [-0.2, 0) is 4.74 Å². The Kier molecular flexibility index (Phi) is 9.96. The van der Waals surface area contributed by atoms with Gasteiger partial charge in [0.15, 0.2) is 5.96 Å². The molecule has 1 heterocycles. The van der Waals surface area contributed by atoms with E-state index in [1.54, 1.807) is 0 Å². The van der Waals surface area contributed by atoms with Gasteiger partial charge in [-0.2, -0.15) is 0 Å². The molecule has 1 aliphatic rings. The predicted octanol–water partition coefficient (Wildman–Crippen LogP) is 2.47. The Bertz CT molecular complexity index is 376. The van der Waals surface area contributed by atoms with E-state index in [2.05, 4.69) is 37.5 Å². The van der Waals surface area contributed by atoms with Crippen LogP contribution in [0.4, 0.5) is 0 Å². The molecule has 0 saturated carbocycles. The second-order valence-electron chi connectivity index (χ2n) is 6.24. The zero-order chi connectivity index (χ0) is 17.0. The quantitative estimate of drug-likeness (QED) is 0.328. The maximum absolute atomic E-state index is 9.32. The molecule has 1 rings (SSSR count). The molecular weight excluding hydrogens is 290 g/mol. The number of aliphatic hydroxyl groups is 1. The second kappa shape index (κ2) is 11.5. The number of ether oxygens (including phenoxy) is 1. The average Bonchev–Trinajstić information content (AvgIpc) is 2.59. The molecule has 0 unspecified atom stereocenters. The van der Waals surface area contributed by atoms with Crippen molar-refractivity contribution in [2.45, 2.75) is 52.9 Å². The fourth-order valence-electron chi connectivity index (χ4n) is 2.87. The van der Waals surface area contributed by atoms with Crippen molar-refractivity contribution in [3.05, 3.63) is 11.6 Å². The summed E-state index contributed by atoms with van der Waals surface area (Å²) >= 11 is 0. The van der Waals surface area contributed by atoms with Gasteiger partial charge in [-0.25, -0.2) is 0 Å². The number of aliphatic imine (C=N–C) groups is 1. The number of aliphatic hydroxyl groups excluding tert-OH is 1. The van der Waals surface area contributed by atoms with Crippen LogP contribution >= 0.6 is 0 Å². The van der Waals surface area contributed by atoms with Crippen LogP contribution in [0.1, 0.15) is 52.9 Å². The van der Waals surface area contributed by atoms with E-state index in [1.165, 1.54) is 5.57 Å². The van der Waals surface area contributed by atoms with Crippen molar-refractivity contribution in [1.29, 1.82) is 0 Å². The van der Waals surface area contributed by atoms with Gasteiger partial charge in [-0.1, -0.05) is 25.5 Å². The van der Waals surface area contributed by atoms with Gasteiger partial charge in [0.2, 0.25) is 0 Å². The van der Waals surface area contributed by atoms with Crippen molar-refractivity contribution >= 4 is 5.96 Å². The van der Waals surface area contributed by atoms with Gasteiger partial charge in [-0.05, 0) is 44.4 Å². The van der Waals surface area contributed by atoms with E-state index in [0.29, 0.717) is 0 Å². The van der Waals surface area contributed by atoms with Gasteiger partial charge in [0.05, 0.1) is 13.2 Å². The fourth-order valence-corrected chi connectivity index (χ4v) is 2.87. The van der Waals surface area contributed by atoms with E-state index in [-0.39, 0.29) is 12.0 Å². The highest BCUT2D eigenvalue weighted by Crippen LogP contribution is 2.30. The maximum Gasteiger partial charge on any atom is 0.191 e. The smallest absolute Gasteiger partial charge is 0.191 e. The molecule has 5 nitrogen and oxygen atoms in total. The molecule has 0 radical (unpaired) electrons. The lowest BCUT2D eigenvalue weighted by atomic mass is 9.79. The van der Waals surface area contributed by atoms with Crippen molar-refractivity contribution in [3.63, 3.8) is 0 Å². The topological polar surface area (TPSA) is 65.9 Å². The number of nitrogens with one attached hydrogen (secondary N) is 2. The average molecular weight is 325 g/mol. The maximum atomic E-state index is 9.32. The van der Waals surface area contributed by atoms with Crippen LogP contribution in [0.5, 0.6) is 0 Å². The van der Waals surface area contributed by atoms with Crippen LogP contribution in [0.3, 0.4) is 0 Å². The molecule has 5 heteroatoms. The summed E-state index contributed by atoms with van der Waals surface area (Å²) in [7, 11) is 0. The highest BCUT2D eigenvalue weighted by molar-refractivity contribution is 5.79. The third-order valence-corrected chi connectivity index (χ3v) is 4.85. The molecule has 0 amide bonds. The Morgan fingerprint density at radius 1 is 1.30 bits per heavy atom. The molecular formula is C18H35N3O2. The summed E-state index contributed by atoms with van der Waals surface area (Å²) in [6.07, 6.45) is 7.17. The molecule has 0 bridgehead atoms. The zero-order valence-corrected chi connectivity index (χ0v) is 15.2. The standard InChI is InChI=1S/C18H35N3O2/c1-4-18(5-2,10-12-22)15-21-17(19-6-3)20-11-7-16-8-13-23-14-9-16/h8,22H,4-7,9-15H2,1-3H3,(H2,19,20,21). The van der Waals surface area contributed by atoms with E-state index in [4.69, 9.17) is 9.73 Å². The molecule has 0 aromatic rings. The van der Waals surface area contributed by atoms with Gasteiger partial charge < -0.3 is 20.5 Å². The summed E-state index contributed by atoms with van der Waals surface area (Å²) in [6.45, 7) is 10.8. The van der Waals surface area contributed by atoms with E-state index in [0.717, 1.165) is 70.9 Å². The third kappa shape index (κ3) is 7.36. The zero-order valence-electron chi connectivity index (χ0n) is 15.2. The van der Waals surface area contributed by atoms with Crippen LogP contribution in [0.15, 0.2) is 16.6 Å². The monoisotopic (exact) mass is 325 g/mol. The first-order valence-corrected chi connectivity index (χ1v) is 9.08. The number of rotatable bonds is 10. The minimum absolute atomic E-state index is 0.111. The normalized spacial score (nSPS) is 16.2. The first kappa shape index (κ1) is 20.0. The minimum atomic E-state index is 0.111. The Morgan fingerprint density at radius 3 is 2.65 bits per heavy atom. The van der Waals surface area contributed by atoms with Crippen LogP contribution in [0, 0.1) is 5.41 Å². The summed E-state index contributed by atoms with van der Waals surface area (Å²) < 4.78 is 5.34. The van der Waals surface area contributed by atoms with Gasteiger partial charge in [0.25, 0.3) is 0 Å². The van der Waals surface area contributed by atoms with Crippen LogP contribution in [0.2, 0.25) is 0 Å². The van der Waals surface area contributed by atoms with Crippen molar-refractivity contribution < 1.29 is 9.84 Å². The van der Waals surface area contributed by atoms with Crippen molar-refractivity contribution in [3.8, 4) is 0 Å². The Balaban J connectivity index is 2.52. The SMILES string of the molecule is CCNC(=NCC(CC)(CC)CCO)NCCC1=CCOCC1. The van der Waals surface area contributed by atoms with Crippen molar-refractivity contribution in [2.75, 3.05) is 39.5 Å². The van der Waals surface area contributed by atoms with E-state index >= 15 is 0 Å². The largest absolute Gasteiger partial charge is 0.396 e. The van der Waals surface area contributed by atoms with Crippen molar-refractivity contribution in [1.82, 2.24) is 10.6 Å². The fraction of sp³-hybridized carbons (Fsp3) is 0.833. The van der Waals surface area contributed by atoms with Crippen LogP contribution in [-0.4, -0.2) is 50.5 Å². The Labute approximate surface area is 141 Å². The van der Waals surface area contributed by atoms with E-state index in [1.807, 2.05) is 0 Å². The van der Waals surface area contributed by atoms with Crippen LogP contribution in [0.25, 0.3) is 0 Å². The lowest BCUT2D eigenvalue weighted by Gasteiger charge is -2.29. The van der Waals surface area contributed by atoms with Crippen molar-refractivity contribution in [2.24, 2.45) is 10.4 Å².